The Balaban J connectivity index is 1.91. The number of piperidine rings is 1. The highest BCUT2D eigenvalue weighted by Crippen LogP contribution is 2.16. The summed E-state index contributed by atoms with van der Waals surface area (Å²) < 4.78 is 0. The Labute approximate surface area is 114 Å². The molecular formula is C16H34N2. The van der Waals surface area contributed by atoms with Gasteiger partial charge in [-0.25, -0.2) is 0 Å². The maximum Gasteiger partial charge on any atom is 0.0170 e. The first-order valence-corrected chi connectivity index (χ1v) is 8.20. The second-order valence-electron chi connectivity index (χ2n) is 6.34. The molecule has 2 nitrogen and oxygen atoms in total. The number of nitrogens with two attached hydrogens (primary N) is 1. The van der Waals surface area contributed by atoms with E-state index in [9.17, 15) is 0 Å². The molecule has 0 bridgehead atoms. The molecule has 0 aromatic carbocycles. The van der Waals surface area contributed by atoms with Gasteiger partial charge >= 0.3 is 0 Å². The minimum absolute atomic E-state index is 0.419. The van der Waals surface area contributed by atoms with Crippen LogP contribution in [-0.4, -0.2) is 30.6 Å². The Hall–Kier alpha value is -0.0800. The van der Waals surface area contributed by atoms with E-state index in [-0.39, 0.29) is 0 Å². The van der Waals surface area contributed by atoms with Crippen LogP contribution in [-0.2, 0) is 0 Å². The molecule has 1 heterocycles. The van der Waals surface area contributed by atoms with Gasteiger partial charge in [0, 0.05) is 19.1 Å². The Morgan fingerprint density at radius 2 is 1.56 bits per heavy atom. The van der Waals surface area contributed by atoms with Crippen LogP contribution in [0.1, 0.15) is 71.6 Å². The first kappa shape index (κ1) is 16.0. The average molecular weight is 254 g/mol. The summed E-state index contributed by atoms with van der Waals surface area (Å²) in [6.07, 6.45) is 12.5. The molecule has 2 atom stereocenters. The molecule has 0 aliphatic carbocycles. The number of nitrogens with zero attached hydrogens (tertiary/aromatic N) is 1. The fourth-order valence-corrected chi connectivity index (χ4v) is 3.16. The van der Waals surface area contributed by atoms with Gasteiger partial charge in [0.25, 0.3) is 0 Å². The van der Waals surface area contributed by atoms with Crippen LogP contribution in [0.25, 0.3) is 0 Å². The van der Waals surface area contributed by atoms with Gasteiger partial charge in [0.1, 0.15) is 0 Å². The Kier molecular flexibility index (Phi) is 8.70. The number of hydrogen-bond donors (Lipinski definition) is 1. The lowest BCUT2D eigenvalue weighted by Crippen LogP contribution is -2.46. The molecule has 1 saturated heterocycles. The Morgan fingerprint density at radius 1 is 0.944 bits per heavy atom. The van der Waals surface area contributed by atoms with Crippen molar-refractivity contribution in [2.75, 3.05) is 19.6 Å². The maximum atomic E-state index is 6.07. The van der Waals surface area contributed by atoms with Gasteiger partial charge in [0.15, 0.2) is 0 Å². The smallest absolute Gasteiger partial charge is 0.0170 e. The molecular weight excluding hydrogens is 220 g/mol. The van der Waals surface area contributed by atoms with Crippen LogP contribution in [0.3, 0.4) is 0 Å². The summed E-state index contributed by atoms with van der Waals surface area (Å²) in [5.74, 6) is 0.794. The van der Waals surface area contributed by atoms with Crippen molar-refractivity contribution in [3.05, 3.63) is 0 Å². The SMILES string of the molecule is CCCCCCCCCCN1CC(C)CC(N)C1. The molecule has 2 heteroatoms. The molecule has 1 aliphatic heterocycles. The average Bonchev–Trinajstić information content (AvgIpc) is 2.31. The lowest BCUT2D eigenvalue weighted by atomic mass is 9.96. The van der Waals surface area contributed by atoms with Crippen LogP contribution in [0.2, 0.25) is 0 Å². The third-order valence-corrected chi connectivity index (χ3v) is 4.10. The summed E-state index contributed by atoms with van der Waals surface area (Å²) >= 11 is 0. The molecule has 0 spiro atoms. The molecule has 1 rings (SSSR count). The normalized spacial score (nSPS) is 25.5. The standard InChI is InChI=1S/C16H34N2/c1-3-4-5-6-7-8-9-10-11-18-13-15(2)12-16(17)14-18/h15-16H,3-14,17H2,1-2H3. The molecule has 0 amide bonds. The van der Waals surface area contributed by atoms with Crippen molar-refractivity contribution in [1.82, 2.24) is 4.90 Å². The molecule has 1 fully saturated rings. The van der Waals surface area contributed by atoms with Gasteiger partial charge in [-0.05, 0) is 25.3 Å². The van der Waals surface area contributed by atoms with Gasteiger partial charge in [-0.3, -0.25) is 0 Å². The van der Waals surface area contributed by atoms with E-state index in [0.29, 0.717) is 6.04 Å². The lowest BCUT2D eigenvalue weighted by Gasteiger charge is -2.34. The predicted octanol–water partition coefficient (Wildman–Crippen LogP) is 3.80. The van der Waals surface area contributed by atoms with E-state index < -0.39 is 0 Å². The summed E-state index contributed by atoms with van der Waals surface area (Å²) in [7, 11) is 0. The molecule has 18 heavy (non-hydrogen) atoms. The lowest BCUT2D eigenvalue weighted by molar-refractivity contribution is 0.162. The monoisotopic (exact) mass is 254 g/mol. The van der Waals surface area contributed by atoms with E-state index in [2.05, 4.69) is 18.7 Å². The maximum absolute atomic E-state index is 6.07. The molecule has 0 radical (unpaired) electrons. The van der Waals surface area contributed by atoms with Crippen LogP contribution in [0.15, 0.2) is 0 Å². The number of rotatable bonds is 9. The molecule has 108 valence electrons. The largest absolute Gasteiger partial charge is 0.327 e. The molecule has 0 aromatic rings. The quantitative estimate of drug-likeness (QED) is 0.634. The van der Waals surface area contributed by atoms with Crippen molar-refractivity contribution >= 4 is 0 Å². The van der Waals surface area contributed by atoms with Crippen molar-refractivity contribution in [3.63, 3.8) is 0 Å². The molecule has 2 unspecified atom stereocenters. The van der Waals surface area contributed by atoms with E-state index in [1.165, 1.54) is 70.9 Å². The summed E-state index contributed by atoms with van der Waals surface area (Å²) in [5.41, 5.74) is 6.07. The minimum atomic E-state index is 0.419. The minimum Gasteiger partial charge on any atom is -0.327 e. The number of likely N-dealkylation sites (tertiary alicyclic amines) is 1. The number of unbranched alkanes of at least 4 members (excludes halogenated alkanes) is 7. The van der Waals surface area contributed by atoms with Crippen molar-refractivity contribution in [2.24, 2.45) is 11.7 Å². The van der Waals surface area contributed by atoms with Crippen LogP contribution < -0.4 is 5.73 Å². The van der Waals surface area contributed by atoms with Crippen molar-refractivity contribution in [3.8, 4) is 0 Å². The number of hydrogen-bond acceptors (Lipinski definition) is 2. The highest BCUT2D eigenvalue weighted by Gasteiger charge is 2.21. The van der Waals surface area contributed by atoms with Gasteiger partial charge < -0.3 is 10.6 Å². The Morgan fingerprint density at radius 3 is 2.17 bits per heavy atom. The summed E-state index contributed by atoms with van der Waals surface area (Å²) in [6.45, 7) is 8.28. The van der Waals surface area contributed by atoms with E-state index in [1.54, 1.807) is 0 Å². The Bertz CT molecular complexity index is 184. The van der Waals surface area contributed by atoms with Crippen molar-refractivity contribution in [2.45, 2.75) is 77.7 Å². The van der Waals surface area contributed by atoms with Crippen molar-refractivity contribution < 1.29 is 0 Å². The second-order valence-corrected chi connectivity index (χ2v) is 6.34. The van der Waals surface area contributed by atoms with Crippen LogP contribution in [0.5, 0.6) is 0 Å². The third kappa shape index (κ3) is 7.38. The summed E-state index contributed by atoms with van der Waals surface area (Å²) in [5, 5.41) is 0. The first-order chi connectivity index (χ1) is 8.72. The van der Waals surface area contributed by atoms with E-state index in [4.69, 9.17) is 5.73 Å². The van der Waals surface area contributed by atoms with Crippen molar-refractivity contribution in [1.29, 1.82) is 0 Å². The van der Waals surface area contributed by atoms with E-state index in [1.807, 2.05) is 0 Å². The second kappa shape index (κ2) is 9.80. The van der Waals surface area contributed by atoms with Gasteiger partial charge in [-0.1, -0.05) is 58.8 Å². The van der Waals surface area contributed by atoms with Crippen LogP contribution >= 0.6 is 0 Å². The van der Waals surface area contributed by atoms with Crippen LogP contribution in [0, 0.1) is 5.92 Å². The summed E-state index contributed by atoms with van der Waals surface area (Å²) in [4.78, 5) is 2.58. The van der Waals surface area contributed by atoms with E-state index in [0.717, 1.165) is 12.5 Å². The molecule has 0 aromatic heterocycles. The summed E-state index contributed by atoms with van der Waals surface area (Å²) in [6, 6.07) is 0.419. The topological polar surface area (TPSA) is 29.3 Å². The zero-order valence-electron chi connectivity index (χ0n) is 12.7. The predicted molar refractivity (Wildman–Crippen MR) is 80.8 cm³/mol. The van der Waals surface area contributed by atoms with E-state index >= 15 is 0 Å². The molecule has 1 aliphatic rings. The molecule has 2 N–H and O–H groups in total. The van der Waals surface area contributed by atoms with Gasteiger partial charge in [-0.2, -0.15) is 0 Å². The highest BCUT2D eigenvalue weighted by atomic mass is 15.1. The fourth-order valence-electron chi connectivity index (χ4n) is 3.16. The zero-order chi connectivity index (χ0) is 13.2. The fraction of sp³-hybridized carbons (Fsp3) is 1.00. The highest BCUT2D eigenvalue weighted by molar-refractivity contribution is 4.78. The van der Waals surface area contributed by atoms with Gasteiger partial charge in [0.2, 0.25) is 0 Å². The van der Waals surface area contributed by atoms with Gasteiger partial charge in [0.05, 0.1) is 0 Å². The molecule has 0 saturated carbocycles. The first-order valence-electron chi connectivity index (χ1n) is 8.20. The zero-order valence-corrected chi connectivity index (χ0v) is 12.7. The van der Waals surface area contributed by atoms with Crippen LogP contribution in [0.4, 0.5) is 0 Å². The third-order valence-electron chi connectivity index (χ3n) is 4.10. The van der Waals surface area contributed by atoms with Gasteiger partial charge in [-0.15, -0.1) is 0 Å².